The molecule has 1 aromatic rings. The maximum Gasteiger partial charge on any atom is 0.144 e. The van der Waals surface area contributed by atoms with E-state index in [1.54, 1.807) is 0 Å². The smallest absolute Gasteiger partial charge is 0.144 e. The van der Waals surface area contributed by atoms with Crippen LogP contribution in [0, 0.1) is 6.92 Å². The Balaban J connectivity index is 2.05. The number of rotatable bonds is 4. The van der Waals surface area contributed by atoms with E-state index in [1.807, 2.05) is 13.0 Å². The fraction of sp³-hybridized carbons (Fsp3) is 0.714. The molecule has 0 bridgehead atoms. The van der Waals surface area contributed by atoms with Gasteiger partial charge >= 0.3 is 0 Å². The van der Waals surface area contributed by atoms with Gasteiger partial charge in [0.1, 0.15) is 11.6 Å². The van der Waals surface area contributed by atoms with Gasteiger partial charge in [-0.05, 0) is 27.7 Å². The number of nitrogens with zero attached hydrogens (tertiary/aromatic N) is 3. The van der Waals surface area contributed by atoms with E-state index in [-0.39, 0.29) is 12.2 Å². The van der Waals surface area contributed by atoms with Gasteiger partial charge in [-0.3, -0.25) is 4.90 Å². The van der Waals surface area contributed by atoms with E-state index in [2.05, 4.69) is 41.0 Å². The molecule has 1 aliphatic heterocycles. The normalized spacial score (nSPS) is 24.4. The molecule has 1 aromatic heterocycles. The number of anilines is 1. The number of hydrogen-bond acceptors (Lipinski definition) is 5. The lowest BCUT2D eigenvalue weighted by Gasteiger charge is -2.34. The Kier molecular flexibility index (Phi) is 4.71. The van der Waals surface area contributed by atoms with Crippen LogP contribution in [-0.4, -0.2) is 46.7 Å². The maximum absolute atomic E-state index is 5.75. The van der Waals surface area contributed by atoms with Gasteiger partial charge in [0.2, 0.25) is 0 Å². The van der Waals surface area contributed by atoms with Crippen molar-refractivity contribution >= 4 is 5.82 Å². The van der Waals surface area contributed by atoms with Crippen molar-refractivity contribution in [2.45, 2.75) is 46.4 Å². The molecule has 1 aliphatic rings. The summed E-state index contributed by atoms with van der Waals surface area (Å²) in [5, 5.41) is 3.25. The molecule has 5 heteroatoms. The highest BCUT2D eigenvalue weighted by Crippen LogP contribution is 2.14. The SMILES string of the molecule is CCNc1cc(C)nc(CN2C[C@@H](C)O[C@@H](C)C2)n1. The van der Waals surface area contributed by atoms with Crippen molar-refractivity contribution in [3.63, 3.8) is 0 Å². The summed E-state index contributed by atoms with van der Waals surface area (Å²) in [6, 6.07) is 1.98. The summed E-state index contributed by atoms with van der Waals surface area (Å²) in [6.07, 6.45) is 0.559. The highest BCUT2D eigenvalue weighted by Gasteiger charge is 2.22. The first kappa shape index (κ1) is 14.2. The van der Waals surface area contributed by atoms with Crippen molar-refractivity contribution in [3.8, 4) is 0 Å². The molecule has 0 amide bonds. The minimum atomic E-state index is 0.279. The van der Waals surface area contributed by atoms with E-state index in [1.165, 1.54) is 0 Å². The summed E-state index contributed by atoms with van der Waals surface area (Å²) < 4.78 is 5.75. The van der Waals surface area contributed by atoms with Gasteiger partial charge in [-0.25, -0.2) is 9.97 Å². The second-order valence-corrected chi connectivity index (χ2v) is 5.29. The molecule has 0 aromatic carbocycles. The predicted molar refractivity (Wildman–Crippen MR) is 76.2 cm³/mol. The van der Waals surface area contributed by atoms with Gasteiger partial charge in [0.05, 0.1) is 18.8 Å². The first-order valence-electron chi connectivity index (χ1n) is 7.03. The molecule has 5 nitrogen and oxygen atoms in total. The van der Waals surface area contributed by atoms with Crippen LogP contribution in [0.2, 0.25) is 0 Å². The number of hydrogen-bond donors (Lipinski definition) is 1. The fourth-order valence-corrected chi connectivity index (χ4v) is 2.59. The van der Waals surface area contributed by atoms with Crippen LogP contribution in [0.4, 0.5) is 5.82 Å². The first-order valence-corrected chi connectivity index (χ1v) is 7.03. The molecule has 0 saturated carbocycles. The third kappa shape index (κ3) is 4.14. The standard InChI is InChI=1S/C14H24N4O/c1-5-15-13-6-10(2)16-14(17-13)9-18-7-11(3)19-12(4)8-18/h6,11-12H,5,7-9H2,1-4H3,(H,15,16,17)/t11-,12+. The molecule has 1 saturated heterocycles. The van der Waals surface area contributed by atoms with Gasteiger partial charge in [0, 0.05) is 31.4 Å². The number of aromatic nitrogens is 2. The summed E-state index contributed by atoms with van der Waals surface area (Å²) in [5.74, 6) is 1.80. The van der Waals surface area contributed by atoms with E-state index in [0.29, 0.717) is 0 Å². The monoisotopic (exact) mass is 264 g/mol. The van der Waals surface area contributed by atoms with Crippen molar-refractivity contribution in [1.29, 1.82) is 0 Å². The van der Waals surface area contributed by atoms with Crippen LogP contribution in [0.3, 0.4) is 0 Å². The third-order valence-corrected chi connectivity index (χ3v) is 3.12. The molecule has 0 radical (unpaired) electrons. The first-order chi connectivity index (χ1) is 9.06. The molecular formula is C14H24N4O. The van der Waals surface area contributed by atoms with Gasteiger partial charge in [0.15, 0.2) is 0 Å². The van der Waals surface area contributed by atoms with Crippen molar-refractivity contribution < 1.29 is 4.74 Å². The zero-order valence-electron chi connectivity index (χ0n) is 12.3. The van der Waals surface area contributed by atoms with E-state index in [9.17, 15) is 0 Å². The van der Waals surface area contributed by atoms with Crippen LogP contribution in [0.15, 0.2) is 6.07 Å². The number of morpholine rings is 1. The van der Waals surface area contributed by atoms with Crippen molar-refractivity contribution in [1.82, 2.24) is 14.9 Å². The largest absolute Gasteiger partial charge is 0.373 e. The quantitative estimate of drug-likeness (QED) is 0.899. The van der Waals surface area contributed by atoms with Gasteiger partial charge in [0.25, 0.3) is 0 Å². The Labute approximate surface area is 115 Å². The predicted octanol–water partition coefficient (Wildman–Crippen LogP) is 1.83. The van der Waals surface area contributed by atoms with E-state index in [4.69, 9.17) is 4.74 Å². The molecule has 0 spiro atoms. The van der Waals surface area contributed by atoms with Crippen LogP contribution >= 0.6 is 0 Å². The second-order valence-electron chi connectivity index (χ2n) is 5.29. The van der Waals surface area contributed by atoms with Crippen molar-refractivity contribution in [2.24, 2.45) is 0 Å². The lowest BCUT2D eigenvalue weighted by Crippen LogP contribution is -2.45. The van der Waals surface area contributed by atoms with Gasteiger partial charge in [-0.15, -0.1) is 0 Å². The number of aryl methyl sites for hydroxylation is 1. The van der Waals surface area contributed by atoms with Gasteiger partial charge in [-0.1, -0.05) is 0 Å². The van der Waals surface area contributed by atoms with Crippen molar-refractivity contribution in [2.75, 3.05) is 25.0 Å². The summed E-state index contributed by atoms with van der Waals surface area (Å²) in [7, 11) is 0. The average molecular weight is 264 g/mol. The van der Waals surface area contributed by atoms with Crippen molar-refractivity contribution in [3.05, 3.63) is 17.6 Å². The highest BCUT2D eigenvalue weighted by molar-refractivity contribution is 5.35. The Morgan fingerprint density at radius 2 is 2.00 bits per heavy atom. The maximum atomic E-state index is 5.75. The summed E-state index contributed by atoms with van der Waals surface area (Å²) in [4.78, 5) is 11.5. The highest BCUT2D eigenvalue weighted by atomic mass is 16.5. The van der Waals surface area contributed by atoms with Crippen LogP contribution in [0.25, 0.3) is 0 Å². The molecule has 19 heavy (non-hydrogen) atoms. The Morgan fingerprint density at radius 1 is 1.32 bits per heavy atom. The van der Waals surface area contributed by atoms with Crippen LogP contribution < -0.4 is 5.32 Å². The zero-order chi connectivity index (χ0) is 13.8. The molecule has 0 aliphatic carbocycles. The molecule has 1 fully saturated rings. The topological polar surface area (TPSA) is 50.3 Å². The van der Waals surface area contributed by atoms with Crippen LogP contribution in [0.1, 0.15) is 32.3 Å². The number of ether oxygens (including phenoxy) is 1. The van der Waals surface area contributed by atoms with E-state index >= 15 is 0 Å². The van der Waals surface area contributed by atoms with Crippen LogP contribution in [0.5, 0.6) is 0 Å². The fourth-order valence-electron chi connectivity index (χ4n) is 2.59. The lowest BCUT2D eigenvalue weighted by atomic mass is 10.2. The van der Waals surface area contributed by atoms with Crippen LogP contribution in [-0.2, 0) is 11.3 Å². The third-order valence-electron chi connectivity index (χ3n) is 3.12. The Bertz CT molecular complexity index is 414. The second kappa shape index (κ2) is 6.30. The molecule has 2 rings (SSSR count). The summed E-state index contributed by atoms with van der Waals surface area (Å²) >= 11 is 0. The minimum absolute atomic E-state index is 0.279. The zero-order valence-corrected chi connectivity index (χ0v) is 12.3. The number of nitrogens with one attached hydrogen (secondary N) is 1. The van der Waals surface area contributed by atoms with E-state index < -0.39 is 0 Å². The molecule has 0 unspecified atom stereocenters. The molecule has 106 valence electrons. The Morgan fingerprint density at radius 3 is 2.63 bits per heavy atom. The van der Waals surface area contributed by atoms with Gasteiger partial charge in [-0.2, -0.15) is 0 Å². The summed E-state index contributed by atoms with van der Waals surface area (Å²) in [6.45, 7) is 11.9. The molecular weight excluding hydrogens is 240 g/mol. The molecule has 2 atom stereocenters. The van der Waals surface area contributed by atoms with E-state index in [0.717, 1.165) is 43.5 Å². The minimum Gasteiger partial charge on any atom is -0.373 e. The summed E-state index contributed by atoms with van der Waals surface area (Å²) in [5.41, 5.74) is 1.01. The average Bonchev–Trinajstić information content (AvgIpc) is 2.26. The molecule has 1 N–H and O–H groups in total. The molecule has 2 heterocycles. The van der Waals surface area contributed by atoms with Gasteiger partial charge < -0.3 is 10.1 Å². The lowest BCUT2D eigenvalue weighted by molar-refractivity contribution is -0.0710. The Hall–Kier alpha value is -1.20.